The Morgan fingerprint density at radius 1 is 1.20 bits per heavy atom. The molecular formula is C17H18ClNO. The summed E-state index contributed by atoms with van der Waals surface area (Å²) in [6.07, 6.45) is 0.986. The molecule has 3 heteroatoms. The summed E-state index contributed by atoms with van der Waals surface area (Å²) in [6, 6.07) is 11.6. The SMILES string of the molecule is Cc1ccc(O)c2c1C(C)CC2Nc1cccc(Cl)c1. The molecule has 2 unspecified atom stereocenters. The molecule has 0 saturated carbocycles. The molecule has 0 heterocycles. The standard InChI is InChI=1S/C17H18ClNO/c1-10-6-7-15(20)17-14(8-11(2)16(10)17)19-13-5-3-4-12(18)9-13/h3-7,9,11,14,19-20H,8H2,1-2H3. The molecule has 1 aliphatic carbocycles. The second kappa shape index (κ2) is 5.02. The van der Waals surface area contributed by atoms with E-state index in [9.17, 15) is 5.11 Å². The van der Waals surface area contributed by atoms with Crippen molar-refractivity contribution in [3.05, 3.63) is 58.1 Å². The summed E-state index contributed by atoms with van der Waals surface area (Å²) in [6.45, 7) is 4.32. The van der Waals surface area contributed by atoms with Crippen molar-refractivity contribution in [2.24, 2.45) is 0 Å². The largest absolute Gasteiger partial charge is 0.508 e. The molecule has 3 rings (SSSR count). The molecule has 20 heavy (non-hydrogen) atoms. The fraction of sp³-hybridized carbons (Fsp3) is 0.294. The second-order valence-electron chi connectivity index (χ2n) is 5.57. The van der Waals surface area contributed by atoms with Crippen molar-refractivity contribution in [2.75, 3.05) is 5.32 Å². The predicted octanol–water partition coefficient (Wildman–Crippen LogP) is 5.01. The Bertz CT molecular complexity index is 653. The Morgan fingerprint density at radius 2 is 2.00 bits per heavy atom. The van der Waals surface area contributed by atoms with Crippen molar-refractivity contribution >= 4 is 17.3 Å². The Hall–Kier alpha value is -1.67. The molecule has 0 spiro atoms. The van der Waals surface area contributed by atoms with E-state index in [1.54, 1.807) is 6.07 Å². The first-order chi connectivity index (χ1) is 9.56. The van der Waals surface area contributed by atoms with E-state index in [0.717, 1.165) is 22.7 Å². The third-order valence-corrected chi connectivity index (χ3v) is 4.31. The van der Waals surface area contributed by atoms with Crippen LogP contribution in [0, 0.1) is 6.92 Å². The van der Waals surface area contributed by atoms with Gasteiger partial charge in [0.1, 0.15) is 5.75 Å². The fourth-order valence-corrected chi connectivity index (χ4v) is 3.44. The first-order valence-corrected chi connectivity index (χ1v) is 7.28. The lowest BCUT2D eigenvalue weighted by Gasteiger charge is -2.17. The van der Waals surface area contributed by atoms with E-state index in [4.69, 9.17) is 11.6 Å². The summed E-state index contributed by atoms with van der Waals surface area (Å²) in [5.41, 5.74) is 4.56. The average Bonchev–Trinajstić information content (AvgIpc) is 2.72. The minimum absolute atomic E-state index is 0.137. The Morgan fingerprint density at radius 3 is 2.75 bits per heavy atom. The van der Waals surface area contributed by atoms with Gasteiger partial charge >= 0.3 is 0 Å². The van der Waals surface area contributed by atoms with Gasteiger partial charge in [-0.3, -0.25) is 0 Å². The molecule has 2 N–H and O–H groups in total. The van der Waals surface area contributed by atoms with Crippen LogP contribution in [0.3, 0.4) is 0 Å². The number of hydrogen-bond acceptors (Lipinski definition) is 2. The van der Waals surface area contributed by atoms with Gasteiger partial charge in [0.2, 0.25) is 0 Å². The second-order valence-corrected chi connectivity index (χ2v) is 6.01. The number of aryl methyl sites for hydroxylation is 1. The number of fused-ring (bicyclic) bond motifs is 1. The molecule has 0 bridgehead atoms. The minimum Gasteiger partial charge on any atom is -0.508 e. The Labute approximate surface area is 124 Å². The van der Waals surface area contributed by atoms with Crippen molar-refractivity contribution in [1.29, 1.82) is 0 Å². The molecule has 2 nitrogen and oxygen atoms in total. The van der Waals surface area contributed by atoms with Crippen molar-refractivity contribution in [1.82, 2.24) is 0 Å². The topological polar surface area (TPSA) is 32.3 Å². The quantitative estimate of drug-likeness (QED) is 0.813. The van der Waals surface area contributed by atoms with E-state index in [1.807, 2.05) is 30.3 Å². The van der Waals surface area contributed by atoms with Gasteiger partial charge in [-0.2, -0.15) is 0 Å². The highest BCUT2D eigenvalue weighted by molar-refractivity contribution is 6.30. The predicted molar refractivity (Wildman–Crippen MR) is 83.7 cm³/mol. The van der Waals surface area contributed by atoms with Gasteiger partial charge < -0.3 is 10.4 Å². The van der Waals surface area contributed by atoms with Gasteiger partial charge in [-0.25, -0.2) is 0 Å². The van der Waals surface area contributed by atoms with Crippen LogP contribution in [0.5, 0.6) is 5.75 Å². The van der Waals surface area contributed by atoms with Crippen LogP contribution in [-0.4, -0.2) is 5.11 Å². The molecule has 2 aromatic carbocycles. The van der Waals surface area contributed by atoms with Gasteiger partial charge in [-0.15, -0.1) is 0 Å². The maximum absolute atomic E-state index is 10.2. The highest BCUT2D eigenvalue weighted by Crippen LogP contribution is 2.47. The maximum Gasteiger partial charge on any atom is 0.121 e. The summed E-state index contributed by atoms with van der Waals surface area (Å²) in [5.74, 6) is 0.836. The van der Waals surface area contributed by atoms with Crippen molar-refractivity contribution in [3.63, 3.8) is 0 Å². The van der Waals surface area contributed by atoms with Crippen LogP contribution in [0.4, 0.5) is 5.69 Å². The summed E-state index contributed by atoms with van der Waals surface area (Å²) >= 11 is 6.03. The van der Waals surface area contributed by atoms with E-state index in [0.29, 0.717) is 11.7 Å². The zero-order valence-electron chi connectivity index (χ0n) is 11.7. The normalized spacial score (nSPS) is 20.8. The van der Waals surface area contributed by atoms with Gasteiger partial charge in [0.05, 0.1) is 6.04 Å². The van der Waals surface area contributed by atoms with Crippen LogP contribution in [0.25, 0.3) is 0 Å². The lowest BCUT2D eigenvalue weighted by Crippen LogP contribution is -2.07. The highest BCUT2D eigenvalue weighted by Gasteiger charge is 2.32. The van der Waals surface area contributed by atoms with Gasteiger partial charge in [-0.05, 0) is 54.7 Å². The lowest BCUT2D eigenvalue weighted by molar-refractivity contribution is 0.465. The average molecular weight is 288 g/mol. The Balaban J connectivity index is 1.97. The van der Waals surface area contributed by atoms with Gasteiger partial charge in [0, 0.05) is 16.3 Å². The first-order valence-electron chi connectivity index (χ1n) is 6.90. The zero-order chi connectivity index (χ0) is 14.3. The van der Waals surface area contributed by atoms with Crippen LogP contribution in [0.15, 0.2) is 36.4 Å². The van der Waals surface area contributed by atoms with E-state index in [2.05, 4.69) is 19.2 Å². The highest BCUT2D eigenvalue weighted by atomic mass is 35.5. The number of nitrogens with one attached hydrogen (secondary N) is 1. The molecule has 0 aromatic heterocycles. The number of benzene rings is 2. The van der Waals surface area contributed by atoms with Crippen LogP contribution in [0.2, 0.25) is 5.02 Å². The molecule has 0 aliphatic heterocycles. The molecule has 0 saturated heterocycles. The van der Waals surface area contributed by atoms with Crippen LogP contribution >= 0.6 is 11.6 Å². The van der Waals surface area contributed by atoms with E-state index in [-0.39, 0.29) is 6.04 Å². The number of rotatable bonds is 2. The first kappa shape index (κ1) is 13.3. The summed E-state index contributed by atoms with van der Waals surface area (Å²) < 4.78 is 0. The van der Waals surface area contributed by atoms with Crippen LogP contribution in [0.1, 0.15) is 42.0 Å². The number of phenols is 1. The monoisotopic (exact) mass is 287 g/mol. The van der Waals surface area contributed by atoms with Crippen molar-refractivity contribution in [3.8, 4) is 5.75 Å². The van der Waals surface area contributed by atoms with E-state index < -0.39 is 0 Å². The summed E-state index contributed by atoms with van der Waals surface area (Å²) in [7, 11) is 0. The van der Waals surface area contributed by atoms with Gasteiger partial charge in [0.25, 0.3) is 0 Å². The van der Waals surface area contributed by atoms with Gasteiger partial charge in [0.15, 0.2) is 0 Å². The molecule has 0 amide bonds. The number of hydrogen-bond donors (Lipinski definition) is 2. The molecule has 0 radical (unpaired) electrons. The molecular weight excluding hydrogens is 270 g/mol. The number of phenolic OH excluding ortho intramolecular Hbond substituents is 1. The number of anilines is 1. The van der Waals surface area contributed by atoms with Crippen LogP contribution < -0.4 is 5.32 Å². The summed E-state index contributed by atoms with van der Waals surface area (Å²) in [5, 5.41) is 14.4. The molecule has 2 atom stereocenters. The molecule has 104 valence electrons. The van der Waals surface area contributed by atoms with Gasteiger partial charge in [-0.1, -0.05) is 30.7 Å². The Kier molecular flexibility index (Phi) is 3.35. The van der Waals surface area contributed by atoms with Crippen LogP contribution in [-0.2, 0) is 0 Å². The van der Waals surface area contributed by atoms with Crippen molar-refractivity contribution < 1.29 is 5.11 Å². The number of halogens is 1. The smallest absolute Gasteiger partial charge is 0.121 e. The number of aromatic hydroxyl groups is 1. The van der Waals surface area contributed by atoms with E-state index in [1.165, 1.54) is 11.1 Å². The minimum atomic E-state index is 0.137. The zero-order valence-corrected chi connectivity index (χ0v) is 12.4. The summed E-state index contributed by atoms with van der Waals surface area (Å²) in [4.78, 5) is 0. The van der Waals surface area contributed by atoms with E-state index >= 15 is 0 Å². The third-order valence-electron chi connectivity index (χ3n) is 4.08. The third kappa shape index (κ3) is 2.25. The molecule has 2 aromatic rings. The lowest BCUT2D eigenvalue weighted by atomic mass is 9.97. The maximum atomic E-state index is 10.2. The fourth-order valence-electron chi connectivity index (χ4n) is 3.25. The molecule has 0 fully saturated rings. The van der Waals surface area contributed by atoms with Crippen molar-refractivity contribution in [2.45, 2.75) is 32.2 Å². The molecule has 1 aliphatic rings.